The minimum Gasteiger partial charge on any atom is -0.312 e. The van der Waals surface area contributed by atoms with E-state index in [0.29, 0.717) is 17.8 Å². The summed E-state index contributed by atoms with van der Waals surface area (Å²) in [6.45, 7) is 8.68. The van der Waals surface area contributed by atoms with Gasteiger partial charge in [0.05, 0.1) is 11.2 Å². The van der Waals surface area contributed by atoms with Crippen LogP contribution in [0.1, 0.15) is 31.9 Å². The van der Waals surface area contributed by atoms with Crippen molar-refractivity contribution in [3.05, 3.63) is 58.8 Å². The Labute approximate surface area is 165 Å². The summed E-state index contributed by atoms with van der Waals surface area (Å²) in [6.07, 6.45) is 4.75. The van der Waals surface area contributed by atoms with Gasteiger partial charge in [0.2, 0.25) is 0 Å². The van der Waals surface area contributed by atoms with E-state index >= 15 is 0 Å². The number of nitrogens with zero attached hydrogens (tertiary/aromatic N) is 4. The molecular formula is C23H26N4O. The SMILES string of the molecule is CC(C)CN1C[C@@H]2C[C@H](C1)c1cc(-c3nccc4ncccc34)cc(=O)n1C2. The monoisotopic (exact) mass is 374 g/mol. The van der Waals surface area contributed by atoms with Crippen LogP contribution in [0.5, 0.6) is 0 Å². The molecule has 5 rings (SSSR count). The summed E-state index contributed by atoms with van der Waals surface area (Å²) in [5, 5.41) is 0.994. The molecule has 0 unspecified atom stereocenters. The van der Waals surface area contributed by atoms with Crippen LogP contribution in [-0.4, -0.2) is 39.1 Å². The largest absolute Gasteiger partial charge is 0.312 e. The van der Waals surface area contributed by atoms with Crippen LogP contribution in [0.25, 0.3) is 22.2 Å². The first-order chi connectivity index (χ1) is 13.6. The molecule has 0 aromatic carbocycles. The number of rotatable bonds is 3. The van der Waals surface area contributed by atoms with Crippen molar-refractivity contribution >= 4 is 10.9 Å². The number of piperidine rings is 1. The lowest BCUT2D eigenvalue weighted by atomic mass is 9.82. The predicted molar refractivity (Wildman–Crippen MR) is 111 cm³/mol. The van der Waals surface area contributed by atoms with Gasteiger partial charge in [-0.2, -0.15) is 0 Å². The second kappa shape index (κ2) is 6.82. The Bertz CT molecular complexity index is 1080. The van der Waals surface area contributed by atoms with E-state index in [9.17, 15) is 4.79 Å². The Balaban J connectivity index is 1.59. The fraction of sp³-hybridized carbons (Fsp3) is 0.435. The number of fused-ring (bicyclic) bond motifs is 5. The van der Waals surface area contributed by atoms with Crippen molar-refractivity contribution in [1.82, 2.24) is 19.4 Å². The molecule has 5 heteroatoms. The van der Waals surface area contributed by atoms with Crippen LogP contribution < -0.4 is 5.56 Å². The van der Waals surface area contributed by atoms with Gasteiger partial charge in [0.15, 0.2) is 0 Å². The van der Waals surface area contributed by atoms with E-state index in [4.69, 9.17) is 0 Å². The molecule has 2 bridgehead atoms. The zero-order valence-electron chi connectivity index (χ0n) is 16.5. The van der Waals surface area contributed by atoms with E-state index in [2.05, 4.69) is 34.8 Å². The molecule has 0 aliphatic carbocycles. The zero-order valence-corrected chi connectivity index (χ0v) is 16.5. The number of likely N-dealkylation sites (tertiary alicyclic amines) is 1. The third-order valence-corrected chi connectivity index (χ3v) is 6.06. The van der Waals surface area contributed by atoms with Crippen LogP contribution in [0.4, 0.5) is 0 Å². The van der Waals surface area contributed by atoms with Gasteiger partial charge >= 0.3 is 0 Å². The Morgan fingerprint density at radius 3 is 2.86 bits per heavy atom. The Kier molecular flexibility index (Phi) is 4.27. The van der Waals surface area contributed by atoms with Crippen molar-refractivity contribution in [2.45, 2.75) is 32.7 Å². The van der Waals surface area contributed by atoms with Crippen molar-refractivity contribution < 1.29 is 0 Å². The van der Waals surface area contributed by atoms with E-state index in [1.54, 1.807) is 18.5 Å². The van der Waals surface area contributed by atoms with Crippen LogP contribution in [0.3, 0.4) is 0 Å². The zero-order chi connectivity index (χ0) is 19.3. The van der Waals surface area contributed by atoms with Crippen molar-refractivity contribution in [3.8, 4) is 11.3 Å². The Hall–Kier alpha value is -2.53. The lowest BCUT2D eigenvalue weighted by molar-refractivity contribution is 0.109. The van der Waals surface area contributed by atoms with Crippen LogP contribution in [-0.2, 0) is 6.54 Å². The minimum absolute atomic E-state index is 0.0993. The normalized spacial score (nSPS) is 21.8. The first-order valence-electron chi connectivity index (χ1n) is 10.3. The molecule has 0 N–H and O–H groups in total. The van der Waals surface area contributed by atoms with Crippen LogP contribution in [0, 0.1) is 11.8 Å². The average Bonchev–Trinajstić information content (AvgIpc) is 2.67. The topological polar surface area (TPSA) is 51.0 Å². The van der Waals surface area contributed by atoms with Gasteiger partial charge in [0, 0.05) is 67.2 Å². The molecule has 5 heterocycles. The van der Waals surface area contributed by atoms with E-state index in [-0.39, 0.29) is 5.56 Å². The predicted octanol–water partition coefficient (Wildman–Crippen LogP) is 3.53. The van der Waals surface area contributed by atoms with Crippen molar-refractivity contribution in [3.63, 3.8) is 0 Å². The number of hydrogen-bond donors (Lipinski definition) is 0. The van der Waals surface area contributed by atoms with Gasteiger partial charge in [-0.1, -0.05) is 13.8 Å². The van der Waals surface area contributed by atoms with E-state index in [1.807, 2.05) is 22.8 Å². The lowest BCUT2D eigenvalue weighted by Crippen LogP contribution is -2.48. The van der Waals surface area contributed by atoms with E-state index in [1.165, 1.54) is 12.1 Å². The second-order valence-corrected chi connectivity index (χ2v) is 8.76. The van der Waals surface area contributed by atoms with Gasteiger partial charge < -0.3 is 9.47 Å². The summed E-state index contributed by atoms with van der Waals surface area (Å²) in [6, 6.07) is 9.83. The first kappa shape index (κ1) is 17.6. The van der Waals surface area contributed by atoms with Gasteiger partial charge in [-0.25, -0.2) is 0 Å². The Morgan fingerprint density at radius 2 is 2.00 bits per heavy atom. The molecular weight excluding hydrogens is 348 g/mol. The smallest absolute Gasteiger partial charge is 0.251 e. The van der Waals surface area contributed by atoms with Gasteiger partial charge in [0.1, 0.15) is 0 Å². The summed E-state index contributed by atoms with van der Waals surface area (Å²) in [7, 11) is 0. The highest BCUT2D eigenvalue weighted by Gasteiger charge is 2.35. The van der Waals surface area contributed by atoms with Gasteiger partial charge in [-0.3, -0.25) is 14.8 Å². The third kappa shape index (κ3) is 3.04. The van der Waals surface area contributed by atoms with Crippen LogP contribution in [0.2, 0.25) is 0 Å². The quantitative estimate of drug-likeness (QED) is 0.704. The summed E-state index contributed by atoms with van der Waals surface area (Å²) < 4.78 is 2.01. The third-order valence-electron chi connectivity index (χ3n) is 6.06. The molecule has 2 aliphatic heterocycles. The Morgan fingerprint density at radius 1 is 1.11 bits per heavy atom. The fourth-order valence-electron chi connectivity index (χ4n) is 5.09. The molecule has 28 heavy (non-hydrogen) atoms. The maximum atomic E-state index is 13.0. The molecule has 3 aromatic rings. The van der Waals surface area contributed by atoms with Crippen molar-refractivity contribution in [2.24, 2.45) is 11.8 Å². The highest BCUT2D eigenvalue weighted by molar-refractivity contribution is 5.91. The summed E-state index contributed by atoms with van der Waals surface area (Å²) in [5.74, 6) is 1.67. The maximum Gasteiger partial charge on any atom is 0.251 e. The highest BCUT2D eigenvalue weighted by Crippen LogP contribution is 2.37. The molecule has 5 nitrogen and oxygen atoms in total. The van der Waals surface area contributed by atoms with Crippen LogP contribution >= 0.6 is 0 Å². The average molecular weight is 374 g/mol. The van der Waals surface area contributed by atoms with Crippen molar-refractivity contribution in [1.29, 1.82) is 0 Å². The number of pyridine rings is 3. The molecule has 0 radical (unpaired) electrons. The van der Waals surface area contributed by atoms with Gasteiger partial charge in [0.25, 0.3) is 5.56 Å². The fourth-order valence-corrected chi connectivity index (χ4v) is 5.09. The molecule has 2 atom stereocenters. The molecule has 2 aliphatic rings. The standard InChI is InChI=1S/C23H26N4O/c1-15(2)11-26-12-16-8-18(14-26)21-9-17(10-22(28)27(21)13-16)23-19-4-3-6-24-20(19)5-7-25-23/h3-7,9-10,15-16,18H,8,11-14H2,1-2H3/t16-,18+/m0/s1. The molecule has 3 aromatic heterocycles. The van der Waals surface area contributed by atoms with Gasteiger partial charge in [-0.15, -0.1) is 0 Å². The first-order valence-corrected chi connectivity index (χ1v) is 10.3. The maximum absolute atomic E-state index is 13.0. The summed E-state index contributed by atoms with van der Waals surface area (Å²) >= 11 is 0. The molecule has 0 spiro atoms. The summed E-state index contributed by atoms with van der Waals surface area (Å²) in [5.41, 5.74) is 3.95. The van der Waals surface area contributed by atoms with Crippen LogP contribution in [0.15, 0.2) is 47.5 Å². The number of aromatic nitrogens is 3. The number of hydrogen-bond acceptors (Lipinski definition) is 4. The molecule has 0 saturated carbocycles. The molecule has 0 amide bonds. The van der Waals surface area contributed by atoms with E-state index < -0.39 is 0 Å². The lowest BCUT2D eigenvalue weighted by Gasteiger charge is -2.43. The molecule has 144 valence electrons. The molecule has 1 fully saturated rings. The second-order valence-electron chi connectivity index (χ2n) is 8.76. The summed E-state index contributed by atoms with van der Waals surface area (Å²) in [4.78, 5) is 24.6. The van der Waals surface area contributed by atoms with Crippen molar-refractivity contribution in [2.75, 3.05) is 19.6 Å². The molecule has 1 saturated heterocycles. The minimum atomic E-state index is 0.0993. The highest BCUT2D eigenvalue weighted by atomic mass is 16.1. The van der Waals surface area contributed by atoms with E-state index in [0.717, 1.165) is 48.3 Å². The van der Waals surface area contributed by atoms with Gasteiger partial charge in [-0.05, 0) is 42.5 Å².